The van der Waals surface area contributed by atoms with Crippen LogP contribution < -0.4 is 0 Å². The second-order valence-electron chi connectivity index (χ2n) is 13.8. The molecule has 0 spiro atoms. The number of carbonyl (C=O) groups excluding carboxylic acids is 6. The van der Waals surface area contributed by atoms with Gasteiger partial charge in [0.05, 0.1) is 0 Å². The second-order valence-corrected chi connectivity index (χ2v) is 13.8. The summed E-state index contributed by atoms with van der Waals surface area (Å²) < 4.78 is 17.5. The molecule has 1 saturated heterocycles. The minimum atomic E-state index is -1.36. The molecule has 0 N–H and O–H groups in total. The highest BCUT2D eigenvalue weighted by Crippen LogP contribution is 2.26. The van der Waals surface area contributed by atoms with E-state index < -0.39 is 108 Å². The molecule has 3 amide bonds. The maximum atomic E-state index is 14.0. The lowest BCUT2D eigenvalue weighted by Crippen LogP contribution is -2.58. The molecule has 0 bridgehead atoms. The van der Waals surface area contributed by atoms with Crippen molar-refractivity contribution in [1.29, 1.82) is 0 Å². The van der Waals surface area contributed by atoms with Crippen molar-refractivity contribution in [3.63, 3.8) is 0 Å². The molecule has 0 saturated carbocycles. The number of hydrogen-bond acceptors (Lipinski definition) is 9. The topological polar surface area (TPSA) is 140 Å². The van der Waals surface area contributed by atoms with Crippen LogP contribution in [0.5, 0.6) is 0 Å². The Morgan fingerprint density at radius 1 is 0.458 bits per heavy atom. The largest absolute Gasteiger partial charge is 0.450 e. The summed E-state index contributed by atoms with van der Waals surface area (Å²) in [6, 6.07) is -3.75. The summed E-state index contributed by atoms with van der Waals surface area (Å²) in [4.78, 5) is 87.1. The van der Waals surface area contributed by atoms with E-state index in [-0.39, 0.29) is 0 Å². The zero-order valence-electron chi connectivity index (χ0n) is 30.8. The van der Waals surface area contributed by atoms with E-state index in [2.05, 4.69) is 19.7 Å². The number of amides is 3. The number of hydrogen-bond donors (Lipinski definition) is 0. The highest BCUT2D eigenvalue weighted by molar-refractivity contribution is 5.94. The van der Waals surface area contributed by atoms with E-state index in [1.54, 1.807) is 62.3 Å². The summed E-state index contributed by atoms with van der Waals surface area (Å²) in [5.41, 5.74) is 0. The molecule has 1 fully saturated rings. The Bertz CT molecular complexity index is 1080. The summed E-state index contributed by atoms with van der Waals surface area (Å²) in [6.45, 7) is 26.4. The van der Waals surface area contributed by atoms with E-state index >= 15 is 0 Å². The van der Waals surface area contributed by atoms with Gasteiger partial charge in [0, 0.05) is 38.9 Å². The van der Waals surface area contributed by atoms with Crippen LogP contribution in [0.3, 0.4) is 0 Å². The van der Waals surface area contributed by atoms with Crippen molar-refractivity contribution in [3.8, 4) is 0 Å². The summed E-state index contributed by atoms with van der Waals surface area (Å²) in [6.07, 6.45) is 0.353. The van der Waals surface area contributed by atoms with Crippen LogP contribution >= 0.6 is 0 Å². The van der Waals surface area contributed by atoms with Gasteiger partial charge >= 0.3 is 17.9 Å². The average molecular weight is 676 g/mol. The van der Waals surface area contributed by atoms with Crippen LogP contribution in [0.25, 0.3) is 0 Å². The van der Waals surface area contributed by atoms with Gasteiger partial charge in [-0.15, -0.1) is 19.7 Å². The Labute approximate surface area is 286 Å². The van der Waals surface area contributed by atoms with Gasteiger partial charge in [-0.05, 0) is 17.8 Å². The number of rotatable bonds is 9. The van der Waals surface area contributed by atoms with Gasteiger partial charge in [-0.3, -0.25) is 14.4 Å². The van der Waals surface area contributed by atoms with Gasteiger partial charge in [0.2, 0.25) is 0 Å². The summed E-state index contributed by atoms with van der Waals surface area (Å²) in [7, 11) is 4.16. The van der Waals surface area contributed by atoms with E-state index in [0.717, 1.165) is 14.7 Å². The molecular weight excluding hydrogens is 618 g/mol. The van der Waals surface area contributed by atoms with Crippen molar-refractivity contribution in [2.75, 3.05) is 21.1 Å². The molecule has 1 heterocycles. The Morgan fingerprint density at radius 3 is 0.792 bits per heavy atom. The molecule has 12 nitrogen and oxygen atoms in total. The van der Waals surface area contributed by atoms with Crippen molar-refractivity contribution >= 4 is 35.6 Å². The fourth-order valence-electron chi connectivity index (χ4n) is 5.58. The lowest BCUT2D eigenvalue weighted by Gasteiger charge is -2.38. The first-order valence-corrected chi connectivity index (χ1v) is 16.5. The predicted molar refractivity (Wildman–Crippen MR) is 182 cm³/mol. The molecule has 1 aliphatic heterocycles. The van der Waals surface area contributed by atoms with E-state index in [9.17, 15) is 28.8 Å². The van der Waals surface area contributed by atoms with Crippen molar-refractivity contribution in [3.05, 3.63) is 38.0 Å². The SMILES string of the molecule is C=C[C@@H](C)[C@H]1C(=O)O[C@H](C(C)C)C(=O)N(C)[C@H]([C@@H](C)C=C)C(=O)O[C@H](C(C)C)C(=O)N(C)[C@@H]([C@H](C)C=C)C(=O)O[C@H](C(C)C)C(=O)N1C. The lowest BCUT2D eigenvalue weighted by molar-refractivity contribution is -0.181. The first-order valence-electron chi connectivity index (χ1n) is 16.5. The number of ether oxygens (including phenoxy) is 3. The molecule has 0 unspecified atom stereocenters. The van der Waals surface area contributed by atoms with Crippen LogP contribution in [0.2, 0.25) is 0 Å². The highest BCUT2D eigenvalue weighted by Gasteiger charge is 2.45. The zero-order valence-corrected chi connectivity index (χ0v) is 30.8. The number of carbonyl (C=O) groups is 6. The van der Waals surface area contributed by atoms with Gasteiger partial charge < -0.3 is 28.9 Å². The quantitative estimate of drug-likeness (QED) is 0.204. The van der Waals surface area contributed by atoms with E-state index in [4.69, 9.17) is 14.2 Å². The summed E-state index contributed by atoms with van der Waals surface area (Å²) in [5.74, 6) is -8.27. The maximum absolute atomic E-state index is 14.0. The number of nitrogens with zero attached hydrogens (tertiary/aromatic N) is 3. The van der Waals surface area contributed by atoms with Crippen LogP contribution in [0.15, 0.2) is 38.0 Å². The number of cyclic esters (lactones) is 3. The standard InChI is InChI=1S/C36H57N3O9/c1-16-22(10)25-34(43)46-29(20(6)7)32(41)38(14)27(24(12)18-3)36(45)48-30(21(8)9)33(42)39(15)26(23(11)17-2)35(44)47-28(19(4)5)31(40)37(25)13/h16-30H,1-3H2,4-15H3/t22-,23-,24+,25+,26+,27-,28-,29-,30-/m1/s1. The third kappa shape index (κ3) is 9.56. The van der Waals surface area contributed by atoms with Crippen LogP contribution in [0.4, 0.5) is 0 Å². The Morgan fingerprint density at radius 2 is 0.646 bits per heavy atom. The van der Waals surface area contributed by atoms with Crippen molar-refractivity contribution in [2.24, 2.45) is 35.5 Å². The Kier molecular flexibility index (Phi) is 15.8. The third-order valence-corrected chi connectivity index (χ3v) is 8.90. The van der Waals surface area contributed by atoms with Gasteiger partial charge in [-0.2, -0.15) is 0 Å². The third-order valence-electron chi connectivity index (χ3n) is 8.90. The number of likely N-dealkylation sites (N-methyl/N-ethyl adjacent to an activating group) is 3. The fraction of sp³-hybridized carbons (Fsp3) is 0.667. The first kappa shape index (κ1) is 42.1. The molecule has 0 aromatic carbocycles. The smallest absolute Gasteiger partial charge is 0.330 e. The van der Waals surface area contributed by atoms with Gasteiger partial charge in [0.1, 0.15) is 18.1 Å². The molecular formula is C36H57N3O9. The minimum Gasteiger partial charge on any atom is -0.450 e. The first-order chi connectivity index (χ1) is 22.2. The molecule has 0 aliphatic carbocycles. The Hall–Kier alpha value is -3.96. The minimum absolute atomic E-state index is 0.544. The van der Waals surface area contributed by atoms with Crippen LogP contribution in [-0.4, -0.2) is 108 Å². The van der Waals surface area contributed by atoms with Gasteiger partial charge in [-0.25, -0.2) is 14.4 Å². The molecule has 1 rings (SSSR count). The fourth-order valence-corrected chi connectivity index (χ4v) is 5.58. The number of esters is 3. The lowest BCUT2D eigenvalue weighted by atomic mass is 9.96. The maximum Gasteiger partial charge on any atom is 0.330 e. The van der Waals surface area contributed by atoms with Crippen molar-refractivity contribution in [2.45, 2.75) is 98.8 Å². The molecule has 270 valence electrons. The monoisotopic (exact) mass is 675 g/mol. The highest BCUT2D eigenvalue weighted by atomic mass is 16.6. The van der Waals surface area contributed by atoms with Crippen LogP contribution in [0.1, 0.15) is 62.3 Å². The normalized spacial score (nSPS) is 27.9. The van der Waals surface area contributed by atoms with Gasteiger partial charge in [0.25, 0.3) is 17.7 Å². The molecule has 0 radical (unpaired) electrons. The van der Waals surface area contributed by atoms with E-state index in [0.29, 0.717) is 0 Å². The van der Waals surface area contributed by atoms with Crippen LogP contribution in [-0.2, 0) is 43.0 Å². The van der Waals surface area contributed by atoms with Gasteiger partial charge in [0.15, 0.2) is 18.3 Å². The molecule has 0 aromatic heterocycles. The Balaban J connectivity index is 4.07. The van der Waals surface area contributed by atoms with Crippen molar-refractivity contribution < 1.29 is 43.0 Å². The molecule has 0 aromatic rings. The molecule has 9 atom stereocenters. The zero-order chi connectivity index (χ0) is 37.4. The average Bonchev–Trinajstić information content (AvgIpc) is 3.02. The van der Waals surface area contributed by atoms with Crippen LogP contribution in [0, 0.1) is 35.5 Å². The molecule has 1 aliphatic rings. The molecule has 48 heavy (non-hydrogen) atoms. The van der Waals surface area contributed by atoms with E-state index in [1.807, 2.05) is 0 Å². The second kappa shape index (κ2) is 18.0. The summed E-state index contributed by atoms with van der Waals surface area (Å²) >= 11 is 0. The summed E-state index contributed by atoms with van der Waals surface area (Å²) in [5, 5.41) is 0. The van der Waals surface area contributed by atoms with E-state index in [1.165, 1.54) is 39.4 Å². The molecule has 12 heteroatoms. The van der Waals surface area contributed by atoms with Gasteiger partial charge in [-0.1, -0.05) is 80.5 Å². The predicted octanol–water partition coefficient (Wildman–Crippen LogP) is 3.65. The van der Waals surface area contributed by atoms with Crippen molar-refractivity contribution in [1.82, 2.24) is 14.7 Å².